The van der Waals surface area contributed by atoms with Crippen molar-refractivity contribution >= 4 is 28.6 Å². The molecule has 0 saturated carbocycles. The lowest BCUT2D eigenvalue weighted by Crippen LogP contribution is -2.35. The summed E-state index contributed by atoms with van der Waals surface area (Å²) >= 11 is 0. The highest BCUT2D eigenvalue weighted by Crippen LogP contribution is 2.17. The molecule has 1 atom stereocenters. The molecule has 5 heterocycles. The number of fused-ring (bicyclic) bond motifs is 2. The van der Waals surface area contributed by atoms with E-state index in [0.29, 0.717) is 23.5 Å². The van der Waals surface area contributed by atoms with E-state index < -0.39 is 11.9 Å². The minimum Gasteiger partial charge on any atom is -0.462 e. The fraction of sp³-hybridized carbons (Fsp3) is 0.280. The van der Waals surface area contributed by atoms with Gasteiger partial charge >= 0.3 is 5.97 Å². The monoisotopic (exact) mass is 473 g/mol. The summed E-state index contributed by atoms with van der Waals surface area (Å²) in [5, 5.41) is 0.213. The number of aromatic nitrogens is 4. The van der Waals surface area contributed by atoms with Crippen LogP contribution in [0.2, 0.25) is 0 Å². The Balaban J connectivity index is 1.86. The Morgan fingerprint density at radius 1 is 1.23 bits per heavy atom. The van der Waals surface area contributed by atoms with Crippen molar-refractivity contribution in [3.8, 4) is 0 Å². The van der Waals surface area contributed by atoms with E-state index >= 15 is 0 Å². The number of carbonyl (C=O) groups excluding carboxylic acids is 2. The molecule has 178 valence electrons. The Labute approximate surface area is 199 Å². The predicted octanol–water partition coefficient (Wildman–Crippen LogP) is 2.14. The second-order valence-corrected chi connectivity index (χ2v) is 8.08. The van der Waals surface area contributed by atoms with E-state index in [1.807, 2.05) is 0 Å². The van der Waals surface area contributed by atoms with Crippen LogP contribution in [0.3, 0.4) is 0 Å². The molecular weight excluding hydrogens is 450 g/mol. The Morgan fingerprint density at radius 3 is 2.80 bits per heavy atom. The summed E-state index contributed by atoms with van der Waals surface area (Å²) in [5.41, 5.74) is 0.789. The lowest BCUT2D eigenvalue weighted by Gasteiger charge is -2.18. The van der Waals surface area contributed by atoms with Gasteiger partial charge in [-0.2, -0.15) is 4.99 Å². The van der Waals surface area contributed by atoms with E-state index in [0.717, 1.165) is 12.8 Å². The Morgan fingerprint density at radius 2 is 2.06 bits per heavy atom. The lowest BCUT2D eigenvalue weighted by atomic mass is 10.1. The van der Waals surface area contributed by atoms with E-state index in [-0.39, 0.29) is 41.3 Å². The summed E-state index contributed by atoms with van der Waals surface area (Å²) in [4.78, 5) is 52.4. The van der Waals surface area contributed by atoms with Crippen molar-refractivity contribution in [2.24, 2.45) is 4.99 Å². The van der Waals surface area contributed by atoms with Gasteiger partial charge in [0.25, 0.3) is 11.5 Å². The van der Waals surface area contributed by atoms with Gasteiger partial charge in [0, 0.05) is 30.8 Å². The van der Waals surface area contributed by atoms with Crippen LogP contribution in [0.15, 0.2) is 64.8 Å². The van der Waals surface area contributed by atoms with Crippen LogP contribution in [0.1, 0.15) is 40.5 Å². The Hall–Kier alpha value is -4.18. The summed E-state index contributed by atoms with van der Waals surface area (Å²) in [6.45, 7) is 2.68. The van der Waals surface area contributed by atoms with E-state index in [9.17, 15) is 14.4 Å². The molecule has 0 spiro atoms. The number of rotatable bonds is 5. The molecule has 4 aromatic rings. The zero-order chi connectivity index (χ0) is 24.4. The van der Waals surface area contributed by atoms with Crippen LogP contribution >= 0.6 is 0 Å². The van der Waals surface area contributed by atoms with Crippen LogP contribution in [-0.2, 0) is 16.0 Å². The maximum atomic E-state index is 13.4. The first kappa shape index (κ1) is 22.6. The second-order valence-electron chi connectivity index (χ2n) is 8.08. The zero-order valence-electron chi connectivity index (χ0n) is 19.1. The number of amides is 1. The first-order valence-corrected chi connectivity index (χ1v) is 11.4. The Bertz CT molecular complexity index is 1550. The topological polar surface area (TPSA) is 117 Å². The summed E-state index contributed by atoms with van der Waals surface area (Å²) in [7, 11) is 0. The van der Waals surface area contributed by atoms with Crippen LogP contribution in [0.4, 0.5) is 0 Å². The number of hydrogen-bond acceptors (Lipinski definition) is 7. The van der Waals surface area contributed by atoms with Crippen molar-refractivity contribution in [3.63, 3.8) is 0 Å². The molecule has 10 heteroatoms. The molecule has 1 aliphatic rings. The standard InChI is InChI=1S/C25H23N5O5/c1-2-34-25(33)19-14-18-21(27-20-7-3-4-12-29(20)24(18)32)30(15-17-6-5-13-35-17)22(19)28-23(31)16-8-10-26-11-9-16/h3-4,7-12,14,17H,2,5-6,13,15H2,1H3/t17-/m1/s1. The quantitative estimate of drug-likeness (QED) is 0.322. The van der Waals surface area contributed by atoms with Crippen molar-refractivity contribution in [1.29, 1.82) is 0 Å². The van der Waals surface area contributed by atoms with Gasteiger partial charge < -0.3 is 14.0 Å². The van der Waals surface area contributed by atoms with Crippen LogP contribution in [0.5, 0.6) is 0 Å². The summed E-state index contributed by atoms with van der Waals surface area (Å²) in [5.74, 6) is -1.25. The maximum absolute atomic E-state index is 13.4. The van der Waals surface area contributed by atoms with Gasteiger partial charge in [-0.1, -0.05) is 6.07 Å². The number of pyridine rings is 3. The molecule has 1 amide bonds. The van der Waals surface area contributed by atoms with E-state index in [1.54, 1.807) is 48.0 Å². The fourth-order valence-corrected chi connectivity index (χ4v) is 4.18. The lowest BCUT2D eigenvalue weighted by molar-refractivity contribution is 0.0521. The van der Waals surface area contributed by atoms with E-state index in [2.05, 4.69) is 9.98 Å². The van der Waals surface area contributed by atoms with Crippen LogP contribution in [0.25, 0.3) is 16.7 Å². The van der Waals surface area contributed by atoms with Crippen molar-refractivity contribution in [3.05, 3.63) is 82.0 Å². The number of nitrogens with zero attached hydrogens (tertiary/aromatic N) is 5. The molecule has 0 N–H and O–H groups in total. The largest absolute Gasteiger partial charge is 0.462 e. The minimum absolute atomic E-state index is 0.00883. The third kappa shape index (κ3) is 4.35. The molecule has 1 aliphatic heterocycles. The zero-order valence-corrected chi connectivity index (χ0v) is 19.1. The highest BCUT2D eigenvalue weighted by molar-refractivity contribution is 5.97. The summed E-state index contributed by atoms with van der Waals surface area (Å²) in [6.07, 6.45) is 6.10. The van der Waals surface area contributed by atoms with Gasteiger partial charge in [0.2, 0.25) is 0 Å². The van der Waals surface area contributed by atoms with Crippen molar-refractivity contribution in [2.75, 3.05) is 13.2 Å². The average Bonchev–Trinajstić information content (AvgIpc) is 3.39. The van der Waals surface area contributed by atoms with Crippen molar-refractivity contribution in [1.82, 2.24) is 18.9 Å². The molecule has 1 fully saturated rings. The second kappa shape index (κ2) is 9.59. The average molecular weight is 473 g/mol. The van der Waals surface area contributed by atoms with Gasteiger partial charge in [0.1, 0.15) is 16.9 Å². The summed E-state index contributed by atoms with van der Waals surface area (Å²) in [6, 6.07) is 9.72. The first-order chi connectivity index (χ1) is 17.1. The van der Waals surface area contributed by atoms with Crippen LogP contribution in [-0.4, -0.2) is 50.1 Å². The molecule has 0 unspecified atom stereocenters. The van der Waals surface area contributed by atoms with Gasteiger partial charge in [0.15, 0.2) is 5.49 Å². The van der Waals surface area contributed by atoms with Gasteiger partial charge in [0.05, 0.1) is 24.6 Å². The van der Waals surface area contributed by atoms with E-state index in [4.69, 9.17) is 14.5 Å². The molecule has 10 nitrogen and oxygen atoms in total. The van der Waals surface area contributed by atoms with Crippen molar-refractivity contribution < 1.29 is 19.1 Å². The van der Waals surface area contributed by atoms with Crippen LogP contribution < -0.4 is 11.0 Å². The molecule has 0 bridgehead atoms. The summed E-state index contributed by atoms with van der Waals surface area (Å²) < 4.78 is 14.1. The molecule has 5 rings (SSSR count). The smallest absolute Gasteiger partial charge is 0.341 e. The van der Waals surface area contributed by atoms with Crippen molar-refractivity contribution in [2.45, 2.75) is 32.4 Å². The SMILES string of the molecule is CCOC(=O)c1cc2c(=O)n3ccccc3nc2n(C[C@H]2CCCO2)c1=NC(=O)c1ccncc1. The maximum Gasteiger partial charge on any atom is 0.341 e. The van der Waals surface area contributed by atoms with Gasteiger partial charge in [-0.15, -0.1) is 0 Å². The Kier molecular flexibility index (Phi) is 6.19. The number of ether oxygens (including phenoxy) is 2. The number of esters is 1. The minimum atomic E-state index is -0.686. The van der Waals surface area contributed by atoms with Gasteiger partial charge in [-0.25, -0.2) is 9.78 Å². The molecule has 35 heavy (non-hydrogen) atoms. The molecule has 0 aliphatic carbocycles. The first-order valence-electron chi connectivity index (χ1n) is 11.4. The third-order valence-electron chi connectivity index (χ3n) is 5.83. The normalized spacial score (nSPS) is 16.1. The highest BCUT2D eigenvalue weighted by atomic mass is 16.5. The van der Waals surface area contributed by atoms with Gasteiger partial charge in [-0.05, 0) is 50.1 Å². The number of carbonyl (C=O) groups is 2. The van der Waals surface area contributed by atoms with Gasteiger partial charge in [-0.3, -0.25) is 19.0 Å². The molecule has 0 aromatic carbocycles. The van der Waals surface area contributed by atoms with E-state index in [1.165, 1.54) is 22.9 Å². The molecule has 0 radical (unpaired) electrons. The molecule has 4 aromatic heterocycles. The molecular formula is C25H23N5O5. The predicted molar refractivity (Wildman–Crippen MR) is 126 cm³/mol. The van der Waals surface area contributed by atoms with Crippen LogP contribution in [0, 0.1) is 0 Å². The molecule has 1 saturated heterocycles. The third-order valence-corrected chi connectivity index (χ3v) is 5.83. The fourth-order valence-electron chi connectivity index (χ4n) is 4.18. The number of hydrogen-bond donors (Lipinski definition) is 0. The highest BCUT2D eigenvalue weighted by Gasteiger charge is 2.23.